The molecule has 0 saturated heterocycles. The Labute approximate surface area is 179 Å². The highest BCUT2D eigenvalue weighted by Gasteiger charge is 2.29. The lowest BCUT2D eigenvalue weighted by Crippen LogP contribution is -2.48. The van der Waals surface area contributed by atoms with Crippen LogP contribution in [0.3, 0.4) is 0 Å². The van der Waals surface area contributed by atoms with Gasteiger partial charge in [-0.15, -0.1) is 0 Å². The van der Waals surface area contributed by atoms with Gasteiger partial charge in [0.1, 0.15) is 29.2 Å². The van der Waals surface area contributed by atoms with Crippen LogP contribution in [0.15, 0.2) is 48.5 Å². The molecule has 9 nitrogen and oxygen atoms in total. The fourth-order valence-corrected chi connectivity index (χ4v) is 2.72. The molecule has 5 N–H and O–H groups in total. The lowest BCUT2D eigenvalue weighted by atomic mass is 10.0. The summed E-state index contributed by atoms with van der Waals surface area (Å²) in [5.74, 6) is -2.02. The number of alkyl carbamates (subject to hydrolysis) is 1. The number of hydrogen-bond acceptors (Lipinski definition) is 6. The molecule has 0 aliphatic rings. The Hall–Kier alpha value is -3.75. The standard InChI is InChI=1S/C22H26N2O7/c1-22(2,3)31-21(30)24-18(14-6-10-16(26)11-7-14)19(27)23-17(20(28)29)12-13-4-8-15(25)9-5-13/h4-11,17-18,25-26H,12H2,1-3H3,(H,23,27)(H,24,30)(H,28,29)/t17-,18?/m0/s1. The summed E-state index contributed by atoms with van der Waals surface area (Å²) in [4.78, 5) is 36.9. The first-order valence-electron chi connectivity index (χ1n) is 9.54. The van der Waals surface area contributed by atoms with Gasteiger partial charge in [0.05, 0.1) is 0 Å². The topological polar surface area (TPSA) is 145 Å². The number of phenolic OH excluding ortho intramolecular Hbond substituents is 2. The Morgan fingerprint density at radius 2 is 1.42 bits per heavy atom. The quantitative estimate of drug-likeness (QED) is 0.454. The number of carboxylic acids is 1. The molecule has 2 rings (SSSR count). The third-order valence-electron chi connectivity index (χ3n) is 4.14. The molecule has 0 fully saturated rings. The number of carbonyl (C=O) groups is 3. The molecule has 0 aromatic heterocycles. The summed E-state index contributed by atoms with van der Waals surface area (Å²) in [5.41, 5.74) is 0.115. The Balaban J connectivity index is 2.22. The van der Waals surface area contributed by atoms with Gasteiger partial charge in [-0.25, -0.2) is 9.59 Å². The molecular formula is C22H26N2O7. The monoisotopic (exact) mass is 430 g/mol. The fraction of sp³-hybridized carbons (Fsp3) is 0.318. The highest BCUT2D eigenvalue weighted by Crippen LogP contribution is 2.19. The molecule has 0 spiro atoms. The number of phenols is 2. The first-order chi connectivity index (χ1) is 14.4. The van der Waals surface area contributed by atoms with E-state index in [1.807, 2.05) is 0 Å². The number of rotatable bonds is 7. The van der Waals surface area contributed by atoms with Crippen molar-refractivity contribution < 1.29 is 34.4 Å². The molecule has 0 aliphatic carbocycles. The van der Waals surface area contributed by atoms with Crippen molar-refractivity contribution in [3.05, 3.63) is 59.7 Å². The van der Waals surface area contributed by atoms with Gasteiger partial charge in [-0.3, -0.25) is 4.79 Å². The van der Waals surface area contributed by atoms with E-state index >= 15 is 0 Å². The van der Waals surface area contributed by atoms with Crippen molar-refractivity contribution in [2.45, 2.75) is 44.9 Å². The summed E-state index contributed by atoms with van der Waals surface area (Å²) in [5, 5.41) is 33.3. The lowest BCUT2D eigenvalue weighted by molar-refractivity contribution is -0.142. The molecule has 0 radical (unpaired) electrons. The Morgan fingerprint density at radius 3 is 1.90 bits per heavy atom. The number of carboxylic acid groups (broad SMARTS) is 1. The minimum atomic E-state index is -1.28. The number of carbonyl (C=O) groups excluding carboxylic acids is 2. The first-order valence-corrected chi connectivity index (χ1v) is 9.54. The van der Waals surface area contributed by atoms with Gasteiger partial charge in [0.25, 0.3) is 0 Å². The molecular weight excluding hydrogens is 404 g/mol. The molecule has 0 bridgehead atoms. The summed E-state index contributed by atoms with van der Waals surface area (Å²) >= 11 is 0. The minimum absolute atomic E-state index is 0.0316. The summed E-state index contributed by atoms with van der Waals surface area (Å²) in [7, 11) is 0. The summed E-state index contributed by atoms with van der Waals surface area (Å²) in [6.07, 6.45) is -0.887. The molecule has 2 aromatic carbocycles. The second kappa shape index (κ2) is 9.84. The van der Waals surface area contributed by atoms with Crippen LogP contribution in [0, 0.1) is 0 Å². The Kier molecular flexibility index (Phi) is 7.47. The minimum Gasteiger partial charge on any atom is -0.508 e. The third-order valence-corrected chi connectivity index (χ3v) is 4.14. The number of aromatic hydroxyl groups is 2. The molecule has 0 saturated carbocycles. The Bertz CT molecular complexity index is 918. The lowest BCUT2D eigenvalue weighted by Gasteiger charge is -2.25. The molecule has 31 heavy (non-hydrogen) atoms. The van der Waals surface area contributed by atoms with Crippen molar-refractivity contribution in [3.8, 4) is 11.5 Å². The van der Waals surface area contributed by atoms with Crippen LogP contribution in [0.2, 0.25) is 0 Å². The van der Waals surface area contributed by atoms with Gasteiger partial charge < -0.3 is 30.7 Å². The van der Waals surface area contributed by atoms with Crippen LogP contribution in [0.25, 0.3) is 0 Å². The van der Waals surface area contributed by atoms with E-state index < -0.39 is 35.7 Å². The zero-order chi connectivity index (χ0) is 23.2. The number of ether oxygens (including phenoxy) is 1. The maximum atomic E-state index is 12.9. The highest BCUT2D eigenvalue weighted by atomic mass is 16.6. The van der Waals surface area contributed by atoms with Crippen LogP contribution < -0.4 is 10.6 Å². The molecule has 2 amide bonds. The van der Waals surface area contributed by atoms with Crippen LogP contribution in [0.1, 0.15) is 37.9 Å². The zero-order valence-electron chi connectivity index (χ0n) is 17.5. The average molecular weight is 430 g/mol. The molecule has 166 valence electrons. The van der Waals surface area contributed by atoms with Gasteiger partial charge >= 0.3 is 12.1 Å². The summed E-state index contributed by atoms with van der Waals surface area (Å²) in [6.45, 7) is 5.00. The van der Waals surface area contributed by atoms with E-state index in [2.05, 4.69) is 10.6 Å². The van der Waals surface area contributed by atoms with Gasteiger partial charge in [0.15, 0.2) is 0 Å². The van der Waals surface area contributed by atoms with E-state index in [1.165, 1.54) is 36.4 Å². The van der Waals surface area contributed by atoms with Crippen molar-refractivity contribution in [2.24, 2.45) is 0 Å². The third kappa shape index (κ3) is 7.54. The molecule has 9 heteroatoms. The van der Waals surface area contributed by atoms with Crippen LogP contribution >= 0.6 is 0 Å². The van der Waals surface area contributed by atoms with Crippen molar-refractivity contribution >= 4 is 18.0 Å². The van der Waals surface area contributed by atoms with E-state index in [-0.39, 0.29) is 17.9 Å². The van der Waals surface area contributed by atoms with Gasteiger partial charge in [0, 0.05) is 6.42 Å². The van der Waals surface area contributed by atoms with Gasteiger partial charge in [-0.1, -0.05) is 24.3 Å². The van der Waals surface area contributed by atoms with Crippen LogP contribution in [0.5, 0.6) is 11.5 Å². The Morgan fingerprint density at radius 1 is 0.903 bits per heavy atom. The maximum absolute atomic E-state index is 12.9. The number of amides is 2. The molecule has 1 unspecified atom stereocenters. The predicted octanol–water partition coefficient (Wildman–Crippen LogP) is 2.48. The van der Waals surface area contributed by atoms with Crippen molar-refractivity contribution in [3.63, 3.8) is 0 Å². The van der Waals surface area contributed by atoms with Crippen molar-refractivity contribution in [1.82, 2.24) is 10.6 Å². The predicted molar refractivity (Wildman–Crippen MR) is 112 cm³/mol. The zero-order valence-corrected chi connectivity index (χ0v) is 17.5. The van der Waals surface area contributed by atoms with Crippen LogP contribution in [-0.2, 0) is 20.7 Å². The summed E-state index contributed by atoms with van der Waals surface area (Å²) in [6, 6.07) is 8.96. The molecule has 2 atom stereocenters. The average Bonchev–Trinajstić information content (AvgIpc) is 2.66. The van der Waals surface area contributed by atoms with Gasteiger partial charge in [-0.05, 0) is 56.2 Å². The second-order valence-electron chi connectivity index (χ2n) is 7.94. The van der Waals surface area contributed by atoms with Crippen molar-refractivity contribution in [1.29, 1.82) is 0 Å². The number of hydrogen-bond donors (Lipinski definition) is 5. The number of aliphatic carboxylic acids is 1. The van der Waals surface area contributed by atoms with Gasteiger partial charge in [0.2, 0.25) is 5.91 Å². The van der Waals surface area contributed by atoms with Crippen LogP contribution in [0.4, 0.5) is 4.79 Å². The smallest absolute Gasteiger partial charge is 0.408 e. The number of benzene rings is 2. The molecule has 0 heterocycles. The van der Waals surface area contributed by atoms with E-state index in [0.29, 0.717) is 11.1 Å². The van der Waals surface area contributed by atoms with Gasteiger partial charge in [-0.2, -0.15) is 0 Å². The normalized spacial score (nSPS) is 13.0. The summed E-state index contributed by atoms with van der Waals surface area (Å²) < 4.78 is 5.20. The van der Waals surface area contributed by atoms with Crippen LogP contribution in [-0.4, -0.2) is 44.9 Å². The molecule has 0 aliphatic heterocycles. The van der Waals surface area contributed by atoms with E-state index in [1.54, 1.807) is 32.9 Å². The SMILES string of the molecule is CC(C)(C)OC(=O)NC(C(=O)N[C@@H](Cc1ccc(O)cc1)C(=O)O)c1ccc(O)cc1. The van der Waals surface area contributed by atoms with Crippen molar-refractivity contribution in [2.75, 3.05) is 0 Å². The van der Waals surface area contributed by atoms with E-state index in [0.717, 1.165) is 0 Å². The fourth-order valence-electron chi connectivity index (χ4n) is 2.72. The molecule has 2 aromatic rings. The second-order valence-corrected chi connectivity index (χ2v) is 7.94. The maximum Gasteiger partial charge on any atom is 0.408 e. The number of nitrogens with one attached hydrogen (secondary N) is 2. The largest absolute Gasteiger partial charge is 0.508 e. The van der Waals surface area contributed by atoms with E-state index in [4.69, 9.17) is 4.74 Å². The first kappa shape index (κ1) is 23.5. The van der Waals surface area contributed by atoms with E-state index in [9.17, 15) is 29.7 Å². The highest BCUT2D eigenvalue weighted by molar-refractivity contribution is 5.90.